The van der Waals surface area contributed by atoms with Crippen molar-refractivity contribution in [3.63, 3.8) is 0 Å². The third kappa shape index (κ3) is 1.63. The number of anilines is 1. The highest BCUT2D eigenvalue weighted by Crippen LogP contribution is 2.35. The molecule has 1 aliphatic rings. The Morgan fingerprint density at radius 3 is 3.05 bits per heavy atom. The molecule has 3 rings (SSSR count). The average molecular weight is 267 g/mol. The van der Waals surface area contributed by atoms with E-state index in [4.69, 9.17) is 10.5 Å². The van der Waals surface area contributed by atoms with Gasteiger partial charge in [0, 0.05) is 0 Å². The van der Waals surface area contributed by atoms with Crippen LogP contribution in [0.25, 0.3) is 11.2 Å². The minimum absolute atomic E-state index is 0.0178. The molecule has 0 bridgehead atoms. The van der Waals surface area contributed by atoms with E-state index in [2.05, 4.69) is 15.0 Å². The smallest absolute Gasteiger partial charge is 0.280 e. The molecule has 9 nitrogen and oxygen atoms in total. The Balaban J connectivity index is 2.19. The minimum Gasteiger partial charge on any atom is -0.388 e. The first-order chi connectivity index (χ1) is 8.91. The summed E-state index contributed by atoms with van der Waals surface area (Å²) in [6.45, 7) is 1.42. The van der Waals surface area contributed by atoms with Crippen LogP contribution in [0.5, 0.6) is 0 Å². The molecule has 2 aromatic rings. The normalized spacial score (nSPS) is 31.1. The molecule has 0 spiro atoms. The quantitative estimate of drug-likeness (QED) is 0.485. The number of nitrogens with one attached hydrogen (secondary N) is 1. The summed E-state index contributed by atoms with van der Waals surface area (Å²) in [6.07, 6.45) is -0.598. The van der Waals surface area contributed by atoms with Gasteiger partial charge in [-0.25, -0.2) is 4.98 Å². The lowest BCUT2D eigenvalue weighted by Gasteiger charge is -2.27. The first kappa shape index (κ1) is 12.1. The van der Waals surface area contributed by atoms with Crippen LogP contribution in [-0.2, 0) is 4.74 Å². The number of aliphatic hydroxyl groups excluding tert-OH is 1. The summed E-state index contributed by atoms with van der Waals surface area (Å²) in [5.41, 5.74) is 3.79. The largest absolute Gasteiger partial charge is 0.388 e. The number of nitrogens with zero attached hydrogens (tertiary/aromatic N) is 3. The number of aromatic nitrogens is 4. The zero-order valence-corrected chi connectivity index (χ0v) is 10.1. The number of H-pyrrole nitrogens is 1. The van der Waals surface area contributed by atoms with Crippen LogP contribution in [0.15, 0.2) is 11.1 Å². The monoisotopic (exact) mass is 267 g/mol. The van der Waals surface area contributed by atoms with Gasteiger partial charge in [-0.3, -0.25) is 14.3 Å². The number of hydrogen-bond acceptors (Lipinski definition) is 7. The second-order valence-electron chi connectivity index (χ2n) is 4.70. The van der Waals surface area contributed by atoms with Crippen molar-refractivity contribution >= 4 is 17.1 Å². The number of fused-ring (bicyclic) bond motifs is 1. The van der Waals surface area contributed by atoms with Crippen molar-refractivity contribution in [3.8, 4) is 0 Å². The van der Waals surface area contributed by atoms with E-state index in [1.807, 2.05) is 0 Å². The van der Waals surface area contributed by atoms with E-state index >= 15 is 0 Å². The Morgan fingerprint density at radius 1 is 1.68 bits per heavy atom. The first-order valence-corrected chi connectivity index (χ1v) is 5.65. The van der Waals surface area contributed by atoms with Gasteiger partial charge < -0.3 is 20.7 Å². The molecule has 9 heteroatoms. The molecule has 3 atom stereocenters. The molecular weight excluding hydrogens is 254 g/mol. The van der Waals surface area contributed by atoms with Gasteiger partial charge in [0.25, 0.3) is 5.56 Å². The summed E-state index contributed by atoms with van der Waals surface area (Å²) in [4.78, 5) is 21.9. The maximum absolute atomic E-state index is 11.6. The lowest BCUT2D eigenvalue weighted by atomic mass is 10.0. The molecule has 0 aliphatic carbocycles. The summed E-state index contributed by atoms with van der Waals surface area (Å²) < 4.78 is 6.73. The Kier molecular flexibility index (Phi) is 2.39. The topological polar surface area (TPSA) is 139 Å². The number of aliphatic hydroxyl groups is 2. The number of ether oxygens (including phenoxy) is 1. The summed E-state index contributed by atoms with van der Waals surface area (Å²) >= 11 is 0. The lowest BCUT2D eigenvalue weighted by Crippen LogP contribution is -2.41. The second kappa shape index (κ2) is 3.76. The van der Waals surface area contributed by atoms with Crippen LogP contribution >= 0.6 is 0 Å². The molecule has 1 unspecified atom stereocenters. The number of hydrogen-bond donors (Lipinski definition) is 4. The van der Waals surface area contributed by atoms with Gasteiger partial charge in [-0.2, -0.15) is 4.98 Å². The Bertz CT molecular complexity index is 691. The summed E-state index contributed by atoms with van der Waals surface area (Å²) in [7, 11) is 0. The highest BCUT2D eigenvalue weighted by Gasteiger charge is 2.47. The molecule has 0 saturated carbocycles. The number of imidazole rings is 1. The van der Waals surface area contributed by atoms with Gasteiger partial charge in [0.2, 0.25) is 5.95 Å². The zero-order chi connectivity index (χ0) is 13.8. The van der Waals surface area contributed by atoms with Crippen LogP contribution in [0, 0.1) is 0 Å². The number of rotatable bonds is 1. The molecule has 2 aromatic heterocycles. The molecule has 3 heterocycles. The molecular formula is C10H13N5O4. The zero-order valence-electron chi connectivity index (χ0n) is 10.1. The number of nitrogens with two attached hydrogens (primary N) is 1. The lowest BCUT2D eigenvalue weighted by molar-refractivity contribution is -0.0924. The fraction of sp³-hybridized carbons (Fsp3) is 0.500. The molecule has 1 fully saturated rings. The van der Waals surface area contributed by atoms with Crippen molar-refractivity contribution in [1.82, 2.24) is 19.5 Å². The minimum atomic E-state index is -1.51. The molecule has 5 N–H and O–H groups in total. The van der Waals surface area contributed by atoms with Crippen LogP contribution in [0.3, 0.4) is 0 Å². The van der Waals surface area contributed by atoms with Gasteiger partial charge in [0.15, 0.2) is 17.4 Å². The van der Waals surface area contributed by atoms with Crippen molar-refractivity contribution < 1.29 is 14.9 Å². The SMILES string of the molecule is C[C@@]1(O)C(O)CO[C@H]1n1cnc2c(=O)[nH]c(N)nc21. The third-order valence-electron chi connectivity index (χ3n) is 3.29. The van der Waals surface area contributed by atoms with E-state index < -0.39 is 23.5 Å². The molecule has 0 radical (unpaired) electrons. The van der Waals surface area contributed by atoms with Gasteiger partial charge >= 0.3 is 0 Å². The van der Waals surface area contributed by atoms with Crippen molar-refractivity contribution in [3.05, 3.63) is 16.7 Å². The Labute approximate surface area is 106 Å². The van der Waals surface area contributed by atoms with Crippen molar-refractivity contribution in [2.45, 2.75) is 24.9 Å². The van der Waals surface area contributed by atoms with Gasteiger partial charge in [-0.05, 0) is 6.92 Å². The fourth-order valence-electron chi connectivity index (χ4n) is 2.16. The van der Waals surface area contributed by atoms with E-state index in [-0.39, 0.29) is 23.7 Å². The Hall–Kier alpha value is -1.97. The molecule has 1 saturated heterocycles. The maximum Gasteiger partial charge on any atom is 0.280 e. The van der Waals surface area contributed by atoms with Gasteiger partial charge in [-0.1, -0.05) is 0 Å². The van der Waals surface area contributed by atoms with Crippen LogP contribution in [0.1, 0.15) is 13.2 Å². The highest BCUT2D eigenvalue weighted by atomic mass is 16.5. The molecule has 1 aliphatic heterocycles. The summed E-state index contributed by atoms with van der Waals surface area (Å²) in [6, 6.07) is 0. The van der Waals surface area contributed by atoms with Crippen molar-refractivity contribution in [2.75, 3.05) is 12.3 Å². The van der Waals surface area contributed by atoms with Crippen LogP contribution in [-0.4, -0.2) is 48.0 Å². The van der Waals surface area contributed by atoms with E-state index in [0.29, 0.717) is 0 Å². The second-order valence-corrected chi connectivity index (χ2v) is 4.70. The Morgan fingerprint density at radius 2 is 2.42 bits per heavy atom. The maximum atomic E-state index is 11.6. The van der Waals surface area contributed by atoms with E-state index in [9.17, 15) is 15.0 Å². The van der Waals surface area contributed by atoms with Crippen LogP contribution < -0.4 is 11.3 Å². The molecule has 0 amide bonds. The average Bonchev–Trinajstić information content (AvgIpc) is 2.82. The highest BCUT2D eigenvalue weighted by molar-refractivity contribution is 5.70. The standard InChI is InChI=1S/C10H13N5O4/c1-10(18)4(16)2-19-8(10)15-3-12-5-6(15)13-9(11)14-7(5)17/h3-4,8,16,18H,2H2,1H3,(H3,11,13,14,17)/t4?,8-,10-/m1/s1. The number of nitrogen functional groups attached to an aromatic ring is 1. The molecule has 0 aromatic carbocycles. The van der Waals surface area contributed by atoms with E-state index in [0.717, 1.165) is 0 Å². The predicted molar refractivity (Wildman–Crippen MR) is 64.2 cm³/mol. The number of aromatic amines is 1. The van der Waals surface area contributed by atoms with Crippen molar-refractivity contribution in [2.24, 2.45) is 0 Å². The predicted octanol–water partition coefficient (Wildman–Crippen LogP) is -1.66. The van der Waals surface area contributed by atoms with E-state index in [1.54, 1.807) is 0 Å². The van der Waals surface area contributed by atoms with Gasteiger partial charge in [0.1, 0.15) is 11.7 Å². The summed E-state index contributed by atoms with van der Waals surface area (Å²) in [5, 5.41) is 19.9. The van der Waals surface area contributed by atoms with Gasteiger partial charge in [0.05, 0.1) is 12.9 Å². The van der Waals surface area contributed by atoms with Crippen LogP contribution in [0.4, 0.5) is 5.95 Å². The molecule has 19 heavy (non-hydrogen) atoms. The molecule has 102 valence electrons. The third-order valence-corrected chi connectivity index (χ3v) is 3.29. The van der Waals surface area contributed by atoms with E-state index in [1.165, 1.54) is 17.8 Å². The first-order valence-electron chi connectivity index (χ1n) is 5.65. The summed E-state index contributed by atoms with van der Waals surface area (Å²) in [5.74, 6) is -0.0579. The van der Waals surface area contributed by atoms with Crippen LogP contribution in [0.2, 0.25) is 0 Å². The van der Waals surface area contributed by atoms with Crippen molar-refractivity contribution in [1.29, 1.82) is 0 Å². The van der Waals surface area contributed by atoms with Gasteiger partial charge in [-0.15, -0.1) is 0 Å². The fourth-order valence-corrected chi connectivity index (χ4v) is 2.16.